The van der Waals surface area contributed by atoms with Crippen molar-refractivity contribution >= 4 is 5.78 Å². The highest BCUT2D eigenvalue weighted by Gasteiger charge is 2.46. The first-order valence-corrected chi connectivity index (χ1v) is 11.1. The normalized spacial score (nSPS) is 22.2. The fraction of sp³-hybridized carbons (Fsp3) is 0.500. The van der Waals surface area contributed by atoms with Gasteiger partial charge in [0.25, 0.3) is 0 Å². The van der Waals surface area contributed by atoms with Gasteiger partial charge in [-0.2, -0.15) is 0 Å². The van der Waals surface area contributed by atoms with Crippen LogP contribution in [0, 0.1) is 11.3 Å². The molecule has 4 heteroatoms. The maximum Gasteiger partial charge on any atom is 0.169 e. The third-order valence-electron chi connectivity index (χ3n) is 7.18. The Kier molecular flexibility index (Phi) is 6.14. The molecule has 0 amide bonds. The lowest BCUT2D eigenvalue weighted by Gasteiger charge is -2.36. The van der Waals surface area contributed by atoms with Crippen molar-refractivity contribution in [3.05, 3.63) is 59.2 Å². The number of hydrogen-bond acceptors (Lipinski definition) is 4. The first-order valence-electron chi connectivity index (χ1n) is 11.1. The van der Waals surface area contributed by atoms with Crippen LogP contribution in [0.2, 0.25) is 0 Å². The highest BCUT2D eigenvalue weighted by molar-refractivity contribution is 6.05. The van der Waals surface area contributed by atoms with Gasteiger partial charge in [-0.1, -0.05) is 37.3 Å². The van der Waals surface area contributed by atoms with Gasteiger partial charge in [-0.15, -0.1) is 0 Å². The summed E-state index contributed by atoms with van der Waals surface area (Å²) in [6.45, 7) is 5.42. The molecule has 2 aliphatic rings. The maximum atomic E-state index is 13.5. The number of likely N-dealkylation sites (tertiary alicyclic amines) is 1. The van der Waals surface area contributed by atoms with E-state index in [-0.39, 0.29) is 5.41 Å². The number of carbonyl (C=O) groups excluding carboxylic acids is 1. The molecule has 1 saturated heterocycles. The lowest BCUT2D eigenvalue weighted by Crippen LogP contribution is -2.37. The van der Waals surface area contributed by atoms with E-state index in [0.717, 1.165) is 50.0 Å². The number of hydrogen-bond donors (Lipinski definition) is 0. The van der Waals surface area contributed by atoms with Crippen LogP contribution in [0.15, 0.2) is 42.5 Å². The lowest BCUT2D eigenvalue weighted by atomic mass is 9.72. The summed E-state index contributed by atoms with van der Waals surface area (Å²) < 4.78 is 10.9. The van der Waals surface area contributed by atoms with E-state index >= 15 is 0 Å². The fourth-order valence-electron chi connectivity index (χ4n) is 5.35. The van der Waals surface area contributed by atoms with E-state index in [1.165, 1.54) is 18.4 Å². The molecule has 1 aliphatic carbocycles. The van der Waals surface area contributed by atoms with Gasteiger partial charge in [-0.25, -0.2) is 0 Å². The van der Waals surface area contributed by atoms with Crippen LogP contribution in [-0.4, -0.2) is 38.0 Å². The zero-order chi connectivity index (χ0) is 21.1. The molecule has 4 rings (SSSR count). The number of carbonyl (C=O) groups is 1. The van der Waals surface area contributed by atoms with Gasteiger partial charge in [0.05, 0.1) is 14.2 Å². The molecular weight excluding hydrogens is 374 g/mol. The first kappa shape index (κ1) is 20.9. The largest absolute Gasteiger partial charge is 0.493 e. The van der Waals surface area contributed by atoms with Crippen molar-refractivity contribution in [2.24, 2.45) is 11.3 Å². The van der Waals surface area contributed by atoms with Crippen molar-refractivity contribution in [1.82, 2.24) is 4.90 Å². The minimum atomic E-state index is -0.272. The van der Waals surface area contributed by atoms with Crippen LogP contribution in [0.5, 0.6) is 11.5 Å². The van der Waals surface area contributed by atoms with Gasteiger partial charge >= 0.3 is 0 Å². The van der Waals surface area contributed by atoms with E-state index in [1.54, 1.807) is 14.2 Å². The number of Topliss-reactive ketones (excluding diaryl/α,β-unsaturated/α-hetero) is 1. The molecule has 0 radical (unpaired) electrons. The monoisotopic (exact) mass is 407 g/mol. The zero-order valence-corrected chi connectivity index (χ0v) is 18.4. The summed E-state index contributed by atoms with van der Waals surface area (Å²) in [4.78, 5) is 16.0. The quantitative estimate of drug-likeness (QED) is 0.637. The summed E-state index contributed by atoms with van der Waals surface area (Å²) in [6, 6.07) is 14.6. The molecule has 2 aromatic rings. The highest BCUT2D eigenvalue weighted by Crippen LogP contribution is 2.48. The van der Waals surface area contributed by atoms with E-state index in [2.05, 4.69) is 42.2 Å². The second-order valence-electron chi connectivity index (χ2n) is 8.91. The van der Waals surface area contributed by atoms with E-state index in [4.69, 9.17) is 9.47 Å². The predicted octanol–water partition coefficient (Wildman–Crippen LogP) is 5.14. The van der Waals surface area contributed by atoms with Crippen molar-refractivity contribution in [2.45, 2.75) is 45.6 Å². The summed E-state index contributed by atoms with van der Waals surface area (Å²) in [5.74, 6) is 2.27. The molecule has 0 saturated carbocycles. The molecule has 1 heterocycles. The topological polar surface area (TPSA) is 38.8 Å². The Labute approximate surface area is 180 Å². The van der Waals surface area contributed by atoms with E-state index < -0.39 is 0 Å². The lowest BCUT2D eigenvalue weighted by molar-refractivity contribution is 0.0713. The van der Waals surface area contributed by atoms with Gasteiger partial charge < -0.3 is 9.47 Å². The summed E-state index contributed by atoms with van der Waals surface area (Å²) in [7, 11) is 3.28. The summed E-state index contributed by atoms with van der Waals surface area (Å²) in [6.07, 6.45) is 5.04. The number of ketones is 1. The van der Waals surface area contributed by atoms with Crippen LogP contribution in [-0.2, 0) is 13.0 Å². The molecule has 160 valence electrons. The Morgan fingerprint density at radius 1 is 1.03 bits per heavy atom. The van der Waals surface area contributed by atoms with Gasteiger partial charge in [0, 0.05) is 17.5 Å². The summed E-state index contributed by atoms with van der Waals surface area (Å²) in [5, 5.41) is 0. The van der Waals surface area contributed by atoms with Crippen LogP contribution in [0.25, 0.3) is 0 Å². The molecule has 1 atom stereocenters. The molecule has 4 nitrogen and oxygen atoms in total. The van der Waals surface area contributed by atoms with E-state index in [0.29, 0.717) is 23.2 Å². The van der Waals surface area contributed by atoms with E-state index in [1.807, 2.05) is 12.1 Å². The Morgan fingerprint density at radius 3 is 2.33 bits per heavy atom. The second kappa shape index (κ2) is 8.81. The molecule has 1 unspecified atom stereocenters. The van der Waals surface area contributed by atoms with Crippen molar-refractivity contribution in [3.63, 3.8) is 0 Å². The standard InChI is InChI=1S/C26H33NO3/c1-4-26(17-21-14-23(29-2)24(30-3)15-22(21)25(26)28)16-19-10-12-27(13-11-19)18-20-8-6-5-7-9-20/h5-9,14-15,19H,4,10-13,16-18H2,1-3H3. The minimum absolute atomic E-state index is 0.272. The Hall–Kier alpha value is -2.33. The first-order chi connectivity index (χ1) is 14.6. The molecule has 0 aromatic heterocycles. The number of piperidine rings is 1. The van der Waals surface area contributed by atoms with Crippen molar-refractivity contribution in [2.75, 3.05) is 27.3 Å². The molecule has 2 aromatic carbocycles. The number of methoxy groups -OCH3 is 2. The third-order valence-corrected chi connectivity index (χ3v) is 7.18. The Balaban J connectivity index is 1.43. The van der Waals surface area contributed by atoms with Crippen molar-refractivity contribution in [3.8, 4) is 11.5 Å². The molecular formula is C26H33NO3. The summed E-state index contributed by atoms with van der Waals surface area (Å²) >= 11 is 0. The second-order valence-corrected chi connectivity index (χ2v) is 8.91. The smallest absolute Gasteiger partial charge is 0.169 e. The van der Waals surface area contributed by atoms with Crippen molar-refractivity contribution < 1.29 is 14.3 Å². The van der Waals surface area contributed by atoms with Crippen molar-refractivity contribution in [1.29, 1.82) is 0 Å². The number of nitrogens with zero attached hydrogens (tertiary/aromatic N) is 1. The van der Waals surface area contributed by atoms with Crippen LogP contribution in [0.1, 0.15) is 54.1 Å². The summed E-state index contributed by atoms with van der Waals surface area (Å²) in [5.41, 5.74) is 3.05. The average molecular weight is 408 g/mol. The average Bonchev–Trinajstić information content (AvgIpc) is 3.06. The van der Waals surface area contributed by atoms with Crippen LogP contribution >= 0.6 is 0 Å². The Morgan fingerprint density at radius 2 is 1.70 bits per heavy atom. The molecule has 30 heavy (non-hydrogen) atoms. The fourth-order valence-corrected chi connectivity index (χ4v) is 5.35. The number of rotatable bonds is 7. The third kappa shape index (κ3) is 3.98. The zero-order valence-electron chi connectivity index (χ0n) is 18.4. The highest BCUT2D eigenvalue weighted by atomic mass is 16.5. The maximum absolute atomic E-state index is 13.5. The molecule has 0 bridgehead atoms. The van der Waals surface area contributed by atoms with Crippen LogP contribution in [0.4, 0.5) is 0 Å². The Bertz CT molecular complexity index is 887. The van der Waals surface area contributed by atoms with Gasteiger partial charge in [0.2, 0.25) is 0 Å². The molecule has 0 N–H and O–H groups in total. The SMILES string of the molecule is CCC1(CC2CCN(Cc3ccccc3)CC2)Cc2cc(OC)c(OC)cc2C1=O. The molecule has 0 spiro atoms. The van der Waals surface area contributed by atoms with Crippen LogP contribution < -0.4 is 9.47 Å². The van der Waals surface area contributed by atoms with E-state index in [9.17, 15) is 4.79 Å². The van der Waals surface area contributed by atoms with Gasteiger partial charge in [0.1, 0.15) is 0 Å². The van der Waals surface area contributed by atoms with Gasteiger partial charge in [0.15, 0.2) is 17.3 Å². The van der Waals surface area contributed by atoms with Crippen LogP contribution in [0.3, 0.4) is 0 Å². The van der Waals surface area contributed by atoms with Gasteiger partial charge in [-0.05, 0) is 74.4 Å². The van der Waals surface area contributed by atoms with Gasteiger partial charge in [-0.3, -0.25) is 9.69 Å². The number of ether oxygens (including phenoxy) is 2. The predicted molar refractivity (Wildman–Crippen MR) is 119 cm³/mol. The molecule has 1 aliphatic heterocycles. The molecule has 1 fully saturated rings. The number of fused-ring (bicyclic) bond motifs is 1. The number of benzene rings is 2. The minimum Gasteiger partial charge on any atom is -0.493 e.